The number of benzene rings is 2. The molecule has 3 rings (SSSR count). The van der Waals surface area contributed by atoms with Crippen LogP contribution in [0.1, 0.15) is 0 Å². The molecule has 1 aliphatic rings. The summed E-state index contributed by atoms with van der Waals surface area (Å²) in [4.78, 5) is 2.99. The first-order chi connectivity index (χ1) is 9.65. The Morgan fingerprint density at radius 2 is 1.70 bits per heavy atom. The lowest BCUT2D eigenvalue weighted by Crippen LogP contribution is -3.20. The summed E-state index contributed by atoms with van der Waals surface area (Å²) < 4.78 is 30.0. The molecule has 2 aromatic carbocycles. The number of morpholine rings is 1. The summed E-state index contributed by atoms with van der Waals surface area (Å²) in [5.41, 5.74) is 0. The van der Waals surface area contributed by atoms with Crippen molar-refractivity contribution in [2.45, 2.75) is 4.90 Å². The number of nitrogens with one attached hydrogen (secondary N) is 2. The van der Waals surface area contributed by atoms with Crippen LogP contribution in [-0.2, 0) is 14.8 Å². The van der Waals surface area contributed by atoms with Crippen molar-refractivity contribution in [3.8, 4) is 0 Å². The van der Waals surface area contributed by atoms with Crippen LogP contribution in [-0.4, -0.2) is 34.7 Å². The molecule has 1 aliphatic heterocycles. The molecule has 1 saturated heterocycles. The largest absolute Gasteiger partial charge is 0.370 e. The Hall–Kier alpha value is -1.47. The number of rotatable bonds is 3. The van der Waals surface area contributed by atoms with Crippen molar-refractivity contribution in [1.29, 1.82) is 0 Å². The molecule has 0 amide bonds. The van der Waals surface area contributed by atoms with Gasteiger partial charge in [-0.2, -0.15) is 0 Å². The second kappa shape index (κ2) is 5.49. The average Bonchev–Trinajstić information content (AvgIpc) is 2.47. The molecule has 0 bridgehead atoms. The number of hydrogen-bond acceptors (Lipinski definition) is 3. The van der Waals surface area contributed by atoms with Crippen LogP contribution in [0.15, 0.2) is 47.4 Å². The van der Waals surface area contributed by atoms with Crippen LogP contribution in [0.3, 0.4) is 0 Å². The molecule has 5 nitrogen and oxygen atoms in total. The van der Waals surface area contributed by atoms with Gasteiger partial charge < -0.3 is 4.74 Å². The highest BCUT2D eigenvalue weighted by atomic mass is 32.2. The molecule has 6 heteroatoms. The molecule has 1 fully saturated rings. The van der Waals surface area contributed by atoms with E-state index in [1.165, 1.54) is 0 Å². The fourth-order valence-corrected chi connectivity index (χ4v) is 3.53. The summed E-state index contributed by atoms with van der Waals surface area (Å²) in [6, 6.07) is 12.9. The van der Waals surface area contributed by atoms with E-state index in [2.05, 4.69) is 4.83 Å². The Balaban J connectivity index is 1.88. The van der Waals surface area contributed by atoms with Crippen molar-refractivity contribution in [2.75, 3.05) is 26.3 Å². The summed E-state index contributed by atoms with van der Waals surface area (Å²) in [5.74, 6) is 0. The lowest BCUT2D eigenvalue weighted by molar-refractivity contribution is -0.938. The van der Waals surface area contributed by atoms with Crippen LogP contribution in [0.2, 0.25) is 0 Å². The molecule has 2 N–H and O–H groups in total. The van der Waals surface area contributed by atoms with E-state index >= 15 is 0 Å². The third-order valence-corrected chi connectivity index (χ3v) is 4.84. The van der Waals surface area contributed by atoms with Crippen LogP contribution in [0.25, 0.3) is 10.8 Å². The average molecular weight is 293 g/mol. The van der Waals surface area contributed by atoms with Crippen molar-refractivity contribution in [3.05, 3.63) is 42.5 Å². The van der Waals surface area contributed by atoms with E-state index < -0.39 is 10.0 Å². The fraction of sp³-hybridized carbons (Fsp3) is 0.286. The molecule has 0 saturated carbocycles. The number of quaternary nitrogens is 1. The summed E-state index contributed by atoms with van der Waals surface area (Å²) in [6.07, 6.45) is 0. The smallest absolute Gasteiger partial charge is 0.282 e. The minimum absolute atomic E-state index is 0.301. The highest BCUT2D eigenvalue weighted by Crippen LogP contribution is 2.18. The predicted molar refractivity (Wildman–Crippen MR) is 75.8 cm³/mol. The van der Waals surface area contributed by atoms with Crippen molar-refractivity contribution in [1.82, 2.24) is 4.83 Å². The summed E-state index contributed by atoms with van der Waals surface area (Å²) in [7, 11) is -3.49. The lowest BCUT2D eigenvalue weighted by Gasteiger charge is -2.23. The van der Waals surface area contributed by atoms with E-state index in [-0.39, 0.29) is 0 Å². The minimum Gasteiger partial charge on any atom is -0.370 e. The molecule has 0 unspecified atom stereocenters. The first-order valence-electron chi connectivity index (χ1n) is 6.59. The van der Waals surface area contributed by atoms with Gasteiger partial charge in [0.1, 0.15) is 13.1 Å². The Bertz CT molecular complexity index is 709. The van der Waals surface area contributed by atoms with E-state index in [9.17, 15) is 8.42 Å². The third kappa shape index (κ3) is 2.83. The lowest BCUT2D eigenvalue weighted by atomic mass is 10.1. The topological polar surface area (TPSA) is 59.8 Å². The van der Waals surface area contributed by atoms with Crippen LogP contribution in [0, 0.1) is 0 Å². The van der Waals surface area contributed by atoms with Gasteiger partial charge in [0.05, 0.1) is 18.1 Å². The van der Waals surface area contributed by atoms with Crippen molar-refractivity contribution >= 4 is 20.8 Å². The number of hydrogen-bond donors (Lipinski definition) is 2. The van der Waals surface area contributed by atoms with Gasteiger partial charge in [0.2, 0.25) is 0 Å². The third-order valence-electron chi connectivity index (χ3n) is 3.41. The maximum atomic E-state index is 12.4. The summed E-state index contributed by atoms with van der Waals surface area (Å²) >= 11 is 0. The van der Waals surface area contributed by atoms with E-state index in [0.717, 1.165) is 15.8 Å². The van der Waals surface area contributed by atoms with Gasteiger partial charge in [0.25, 0.3) is 10.0 Å². The van der Waals surface area contributed by atoms with E-state index in [4.69, 9.17) is 4.74 Å². The zero-order valence-electron chi connectivity index (χ0n) is 11.0. The SMILES string of the molecule is O=S(=O)(N[NH+]1CCOCC1)c1ccc2ccccc2c1. The molecule has 20 heavy (non-hydrogen) atoms. The van der Waals surface area contributed by atoms with Gasteiger partial charge in [0.15, 0.2) is 0 Å². The van der Waals surface area contributed by atoms with Crippen molar-refractivity contribution in [3.63, 3.8) is 0 Å². The van der Waals surface area contributed by atoms with Gasteiger partial charge >= 0.3 is 0 Å². The number of sulfonamides is 1. The Morgan fingerprint density at radius 1 is 1.00 bits per heavy atom. The van der Waals surface area contributed by atoms with Gasteiger partial charge in [-0.05, 0) is 22.9 Å². The molecular formula is C14H17N2O3S+. The zero-order valence-corrected chi connectivity index (χ0v) is 11.8. The molecule has 0 aliphatic carbocycles. The van der Waals surface area contributed by atoms with Crippen molar-refractivity contribution < 1.29 is 18.2 Å². The maximum Gasteiger partial charge on any atom is 0.282 e. The van der Waals surface area contributed by atoms with E-state index in [1.807, 2.05) is 30.3 Å². The molecule has 0 atom stereocenters. The zero-order chi connectivity index (χ0) is 14.0. The van der Waals surface area contributed by atoms with Gasteiger partial charge in [-0.1, -0.05) is 35.2 Å². The monoisotopic (exact) mass is 293 g/mol. The Morgan fingerprint density at radius 3 is 2.45 bits per heavy atom. The number of ether oxygens (including phenoxy) is 1. The standard InChI is InChI=1S/C14H16N2O3S/c17-20(18,15-16-7-9-19-10-8-16)14-6-5-12-3-1-2-4-13(12)11-14/h1-6,11,15H,7-10H2/p+1. The van der Waals surface area contributed by atoms with Crippen LogP contribution < -0.4 is 9.84 Å². The van der Waals surface area contributed by atoms with Gasteiger partial charge in [-0.25, -0.2) is 13.4 Å². The molecule has 0 radical (unpaired) electrons. The molecule has 0 aromatic heterocycles. The molecule has 1 heterocycles. The molecule has 0 spiro atoms. The minimum atomic E-state index is -3.49. The van der Waals surface area contributed by atoms with Crippen LogP contribution >= 0.6 is 0 Å². The van der Waals surface area contributed by atoms with Gasteiger partial charge in [-0.15, -0.1) is 0 Å². The molecule has 2 aromatic rings. The van der Waals surface area contributed by atoms with Gasteiger partial charge in [0, 0.05) is 0 Å². The summed E-state index contributed by atoms with van der Waals surface area (Å²) in [6.45, 7) is 2.45. The van der Waals surface area contributed by atoms with Crippen LogP contribution in [0.4, 0.5) is 0 Å². The number of fused-ring (bicyclic) bond motifs is 1. The Kier molecular flexibility index (Phi) is 3.71. The van der Waals surface area contributed by atoms with Crippen LogP contribution in [0.5, 0.6) is 0 Å². The van der Waals surface area contributed by atoms with E-state index in [0.29, 0.717) is 31.2 Å². The maximum absolute atomic E-state index is 12.4. The second-order valence-corrected chi connectivity index (χ2v) is 6.51. The van der Waals surface area contributed by atoms with E-state index in [1.54, 1.807) is 12.1 Å². The highest BCUT2D eigenvalue weighted by Gasteiger charge is 2.23. The highest BCUT2D eigenvalue weighted by molar-refractivity contribution is 7.89. The normalized spacial score (nSPS) is 17.4. The molecular weight excluding hydrogens is 276 g/mol. The fourth-order valence-electron chi connectivity index (χ4n) is 2.30. The second-order valence-electron chi connectivity index (χ2n) is 4.83. The first kappa shape index (κ1) is 13.5. The van der Waals surface area contributed by atoms with Gasteiger partial charge in [-0.3, -0.25) is 0 Å². The Labute approximate surface area is 118 Å². The summed E-state index contributed by atoms with van der Waals surface area (Å²) in [5, 5.41) is 2.78. The molecule has 106 valence electrons. The first-order valence-corrected chi connectivity index (χ1v) is 8.07. The van der Waals surface area contributed by atoms with Crippen molar-refractivity contribution in [2.24, 2.45) is 0 Å². The predicted octanol–water partition coefficient (Wildman–Crippen LogP) is -0.0518. The quantitative estimate of drug-likeness (QED) is 0.834.